The lowest BCUT2D eigenvalue weighted by molar-refractivity contribution is -0.159. The molecule has 0 radical (unpaired) electrons. The summed E-state index contributed by atoms with van der Waals surface area (Å²) in [7, 11) is 0. The van der Waals surface area contributed by atoms with E-state index in [-0.39, 0.29) is 25.2 Å². The van der Waals surface area contributed by atoms with E-state index < -0.39 is 12.2 Å². The lowest BCUT2D eigenvalue weighted by Crippen LogP contribution is -2.45. The second kappa shape index (κ2) is 7.02. The Hall–Kier alpha value is -2.74. The topological polar surface area (TPSA) is 86.5 Å². The molecule has 1 fully saturated rings. The summed E-state index contributed by atoms with van der Waals surface area (Å²) in [5.41, 5.74) is 1.87. The Morgan fingerprint density at radius 2 is 2.04 bits per heavy atom. The van der Waals surface area contributed by atoms with Gasteiger partial charge in [0, 0.05) is 0 Å². The van der Waals surface area contributed by atoms with Gasteiger partial charge in [-0.15, -0.1) is 0 Å². The van der Waals surface area contributed by atoms with Crippen molar-refractivity contribution >= 4 is 11.9 Å². The van der Waals surface area contributed by atoms with Crippen molar-refractivity contribution in [1.29, 1.82) is 0 Å². The number of ether oxygens (including phenoxy) is 2. The van der Waals surface area contributed by atoms with Crippen LogP contribution in [0.1, 0.15) is 29.8 Å². The van der Waals surface area contributed by atoms with Crippen LogP contribution < -0.4 is 0 Å². The summed E-state index contributed by atoms with van der Waals surface area (Å²) < 4.78 is 10.5. The highest BCUT2D eigenvalue weighted by atomic mass is 16.6. The maximum absolute atomic E-state index is 13.2. The largest absolute Gasteiger partial charge is 0.463 e. The predicted octanol–water partition coefficient (Wildman–Crippen LogP) is 1.33. The molecule has 1 aliphatic rings. The smallest absolute Gasteiger partial charge is 0.356 e. The lowest BCUT2D eigenvalue weighted by atomic mass is 10.1. The minimum atomic E-state index is -1.04. The van der Waals surface area contributed by atoms with Crippen molar-refractivity contribution in [3.05, 3.63) is 41.7 Å². The Morgan fingerprint density at radius 1 is 1.32 bits per heavy atom. The summed E-state index contributed by atoms with van der Waals surface area (Å²) in [5.74, 6) is -0.884. The van der Waals surface area contributed by atoms with Crippen LogP contribution in [0.25, 0.3) is 5.69 Å². The number of aryl methyl sites for hydroxylation is 1. The molecule has 2 atom stereocenters. The van der Waals surface area contributed by atoms with E-state index in [2.05, 4.69) is 10.2 Å². The van der Waals surface area contributed by atoms with Crippen molar-refractivity contribution in [1.82, 2.24) is 19.9 Å². The zero-order chi connectivity index (χ0) is 18.0. The molecule has 0 aliphatic carbocycles. The van der Waals surface area contributed by atoms with Crippen LogP contribution in [0.2, 0.25) is 0 Å². The first-order chi connectivity index (χ1) is 12.0. The zero-order valence-electron chi connectivity index (χ0n) is 14.4. The SMILES string of the molecule is CCOC(=O)C1OC[C@@H](C)N1C(=O)c1cc(C)ccc1-n1nccn1. The van der Waals surface area contributed by atoms with Gasteiger partial charge >= 0.3 is 5.97 Å². The van der Waals surface area contributed by atoms with Gasteiger partial charge in [-0.25, -0.2) is 4.79 Å². The van der Waals surface area contributed by atoms with E-state index in [1.54, 1.807) is 19.1 Å². The normalized spacial score (nSPS) is 19.9. The van der Waals surface area contributed by atoms with Crippen molar-refractivity contribution in [2.24, 2.45) is 0 Å². The Balaban J connectivity index is 1.99. The summed E-state index contributed by atoms with van der Waals surface area (Å²) in [6.45, 7) is 5.94. The van der Waals surface area contributed by atoms with E-state index >= 15 is 0 Å². The van der Waals surface area contributed by atoms with Crippen molar-refractivity contribution in [3.63, 3.8) is 0 Å². The van der Waals surface area contributed by atoms with E-state index in [0.717, 1.165) is 5.56 Å². The monoisotopic (exact) mass is 344 g/mol. The number of benzene rings is 1. The number of hydrogen-bond acceptors (Lipinski definition) is 6. The minimum absolute atomic E-state index is 0.224. The molecule has 1 saturated heterocycles. The molecule has 0 spiro atoms. The van der Waals surface area contributed by atoms with Gasteiger partial charge in [0.1, 0.15) is 0 Å². The van der Waals surface area contributed by atoms with Gasteiger partial charge in [-0.3, -0.25) is 9.69 Å². The van der Waals surface area contributed by atoms with Crippen LogP contribution >= 0.6 is 0 Å². The van der Waals surface area contributed by atoms with Gasteiger partial charge < -0.3 is 9.47 Å². The third kappa shape index (κ3) is 3.25. The lowest BCUT2D eigenvalue weighted by Gasteiger charge is -2.26. The van der Waals surface area contributed by atoms with E-state index in [9.17, 15) is 9.59 Å². The van der Waals surface area contributed by atoms with Crippen LogP contribution in [-0.2, 0) is 14.3 Å². The summed E-state index contributed by atoms with van der Waals surface area (Å²) >= 11 is 0. The van der Waals surface area contributed by atoms with Crippen molar-refractivity contribution in [3.8, 4) is 5.69 Å². The van der Waals surface area contributed by atoms with Gasteiger partial charge in [0.05, 0.1) is 42.9 Å². The first-order valence-corrected chi connectivity index (χ1v) is 8.11. The molecule has 1 aliphatic heterocycles. The molecule has 25 heavy (non-hydrogen) atoms. The number of esters is 1. The van der Waals surface area contributed by atoms with Gasteiger partial charge in [-0.05, 0) is 32.9 Å². The fourth-order valence-corrected chi connectivity index (χ4v) is 2.80. The van der Waals surface area contributed by atoms with Gasteiger partial charge in [0.15, 0.2) is 0 Å². The van der Waals surface area contributed by atoms with E-state index in [0.29, 0.717) is 11.3 Å². The van der Waals surface area contributed by atoms with Gasteiger partial charge in [-0.1, -0.05) is 11.6 Å². The van der Waals surface area contributed by atoms with Crippen molar-refractivity contribution < 1.29 is 19.1 Å². The summed E-state index contributed by atoms with van der Waals surface area (Å²) in [6.07, 6.45) is 2.04. The highest BCUT2D eigenvalue weighted by Gasteiger charge is 2.42. The standard InChI is InChI=1S/C17H20N4O4/c1-4-24-17(23)16-20(12(3)10-25-16)15(22)13-9-11(2)5-6-14(13)21-18-7-8-19-21/h5-9,12,16H,4,10H2,1-3H3/t12-,16?/m1/s1. The first kappa shape index (κ1) is 17.1. The predicted molar refractivity (Wildman–Crippen MR) is 88.1 cm³/mol. The third-order valence-electron chi connectivity index (χ3n) is 3.96. The molecule has 2 aromatic rings. The number of carbonyl (C=O) groups is 2. The van der Waals surface area contributed by atoms with E-state index in [1.165, 1.54) is 22.1 Å². The Bertz CT molecular complexity index is 775. The molecule has 1 aromatic carbocycles. The Morgan fingerprint density at radius 3 is 2.72 bits per heavy atom. The van der Waals surface area contributed by atoms with Crippen LogP contribution in [0.3, 0.4) is 0 Å². The average Bonchev–Trinajstić information content (AvgIpc) is 3.24. The summed E-state index contributed by atoms with van der Waals surface area (Å²) in [6, 6.07) is 5.17. The molecular weight excluding hydrogens is 324 g/mol. The molecule has 1 aromatic heterocycles. The molecule has 8 heteroatoms. The second-order valence-corrected chi connectivity index (χ2v) is 5.84. The fraction of sp³-hybridized carbons (Fsp3) is 0.412. The van der Waals surface area contributed by atoms with Crippen molar-refractivity contribution in [2.75, 3.05) is 13.2 Å². The summed E-state index contributed by atoms with van der Waals surface area (Å²) in [5, 5.41) is 8.20. The number of nitrogens with zero attached hydrogens (tertiary/aromatic N) is 4. The molecule has 0 saturated carbocycles. The van der Waals surface area contributed by atoms with Gasteiger partial charge in [-0.2, -0.15) is 15.0 Å². The first-order valence-electron chi connectivity index (χ1n) is 8.11. The Labute approximate surface area is 145 Å². The minimum Gasteiger partial charge on any atom is -0.463 e. The molecule has 2 heterocycles. The molecule has 1 amide bonds. The van der Waals surface area contributed by atoms with Crippen LogP contribution in [0.15, 0.2) is 30.6 Å². The molecule has 0 N–H and O–H groups in total. The van der Waals surface area contributed by atoms with Crippen molar-refractivity contribution in [2.45, 2.75) is 33.0 Å². The number of rotatable bonds is 4. The molecule has 3 rings (SSSR count). The van der Waals surface area contributed by atoms with E-state index in [1.807, 2.05) is 19.9 Å². The maximum Gasteiger partial charge on any atom is 0.356 e. The molecule has 8 nitrogen and oxygen atoms in total. The number of aromatic nitrogens is 3. The number of hydrogen-bond donors (Lipinski definition) is 0. The maximum atomic E-state index is 13.2. The zero-order valence-corrected chi connectivity index (χ0v) is 14.4. The van der Waals surface area contributed by atoms with Gasteiger partial charge in [0.25, 0.3) is 5.91 Å². The quantitative estimate of drug-likeness (QED) is 0.778. The van der Waals surface area contributed by atoms with E-state index in [4.69, 9.17) is 9.47 Å². The van der Waals surface area contributed by atoms with Crippen LogP contribution in [-0.4, -0.2) is 57.3 Å². The third-order valence-corrected chi connectivity index (χ3v) is 3.96. The number of carbonyl (C=O) groups excluding carboxylic acids is 2. The highest BCUT2D eigenvalue weighted by Crippen LogP contribution is 2.24. The van der Waals surface area contributed by atoms with Gasteiger partial charge in [0.2, 0.25) is 6.23 Å². The highest BCUT2D eigenvalue weighted by molar-refractivity contribution is 6.00. The fourth-order valence-electron chi connectivity index (χ4n) is 2.80. The molecular formula is C17H20N4O4. The average molecular weight is 344 g/mol. The van der Waals surface area contributed by atoms with Crippen LogP contribution in [0.5, 0.6) is 0 Å². The van der Waals surface area contributed by atoms with Crippen LogP contribution in [0, 0.1) is 6.92 Å². The number of amides is 1. The second-order valence-electron chi connectivity index (χ2n) is 5.84. The van der Waals surface area contributed by atoms with Crippen LogP contribution in [0.4, 0.5) is 0 Å². The Kier molecular flexibility index (Phi) is 4.80. The summed E-state index contributed by atoms with van der Waals surface area (Å²) in [4.78, 5) is 28.2. The molecule has 1 unspecified atom stereocenters. The molecule has 132 valence electrons. The molecule has 0 bridgehead atoms.